The second-order valence-electron chi connectivity index (χ2n) is 2.31. The summed E-state index contributed by atoms with van der Waals surface area (Å²) >= 11 is 1.77. The largest absolute Gasteiger partial charge is 0.466 e. The highest BCUT2D eigenvalue weighted by molar-refractivity contribution is 7.99. The number of hydrogen-bond acceptors (Lipinski definition) is 3. The molecule has 0 aromatic rings. The van der Waals surface area contributed by atoms with Crippen LogP contribution in [0, 0.1) is 5.92 Å². The molecule has 0 radical (unpaired) electrons. The molecule has 0 saturated carbocycles. The maximum Gasteiger partial charge on any atom is 0.309 e. The molecule has 1 unspecified atom stereocenters. The molecule has 1 atom stereocenters. The summed E-state index contributed by atoms with van der Waals surface area (Å²) in [4.78, 5) is 11.0. The summed E-state index contributed by atoms with van der Waals surface area (Å²) in [5, 5.41) is 0. The third kappa shape index (κ3) is 5.13. The van der Waals surface area contributed by atoms with Gasteiger partial charge in [0.05, 0.1) is 12.5 Å². The molecule has 0 fully saturated rings. The van der Waals surface area contributed by atoms with E-state index in [0.29, 0.717) is 6.61 Å². The van der Waals surface area contributed by atoms with E-state index >= 15 is 0 Å². The van der Waals surface area contributed by atoms with Crippen LogP contribution in [0.15, 0.2) is 0 Å². The van der Waals surface area contributed by atoms with Crippen molar-refractivity contribution in [2.45, 2.75) is 20.8 Å². The molecule has 0 saturated heterocycles. The number of carbonyl (C=O) groups is 1. The SMILES string of the molecule is CCOC(=O)C(C)CSCC. The zero-order chi connectivity index (χ0) is 8.69. The van der Waals surface area contributed by atoms with Crippen LogP contribution in [0.4, 0.5) is 0 Å². The van der Waals surface area contributed by atoms with E-state index in [1.165, 1.54) is 0 Å². The van der Waals surface area contributed by atoms with Gasteiger partial charge in [0, 0.05) is 5.75 Å². The van der Waals surface area contributed by atoms with Crippen LogP contribution in [0.2, 0.25) is 0 Å². The van der Waals surface area contributed by atoms with Crippen LogP contribution in [0.3, 0.4) is 0 Å². The standard InChI is InChI=1S/C8H16O2S/c1-4-10-8(9)7(3)6-11-5-2/h7H,4-6H2,1-3H3. The summed E-state index contributed by atoms with van der Waals surface area (Å²) in [5.41, 5.74) is 0. The van der Waals surface area contributed by atoms with Crippen molar-refractivity contribution in [3.8, 4) is 0 Å². The minimum Gasteiger partial charge on any atom is -0.466 e. The molecule has 11 heavy (non-hydrogen) atoms. The van der Waals surface area contributed by atoms with E-state index in [-0.39, 0.29) is 11.9 Å². The first-order chi connectivity index (χ1) is 5.22. The Morgan fingerprint density at radius 1 is 1.55 bits per heavy atom. The molecule has 0 aromatic heterocycles. The number of rotatable bonds is 5. The van der Waals surface area contributed by atoms with Gasteiger partial charge in [-0.15, -0.1) is 0 Å². The second kappa shape index (κ2) is 6.53. The van der Waals surface area contributed by atoms with Gasteiger partial charge in [-0.05, 0) is 12.7 Å². The lowest BCUT2D eigenvalue weighted by molar-refractivity contribution is -0.146. The van der Waals surface area contributed by atoms with Crippen LogP contribution in [0.1, 0.15) is 20.8 Å². The molecular weight excluding hydrogens is 160 g/mol. The fourth-order valence-corrected chi connectivity index (χ4v) is 1.37. The lowest BCUT2D eigenvalue weighted by Gasteiger charge is -2.08. The molecule has 0 amide bonds. The van der Waals surface area contributed by atoms with Crippen molar-refractivity contribution in [2.24, 2.45) is 5.92 Å². The highest BCUT2D eigenvalue weighted by atomic mass is 32.2. The molecule has 0 heterocycles. The monoisotopic (exact) mass is 176 g/mol. The van der Waals surface area contributed by atoms with Gasteiger partial charge in [0.25, 0.3) is 0 Å². The molecule has 0 aliphatic rings. The first-order valence-corrected chi connectivity index (χ1v) is 5.12. The Hall–Kier alpha value is -0.180. The van der Waals surface area contributed by atoms with Gasteiger partial charge in [0.1, 0.15) is 0 Å². The highest BCUT2D eigenvalue weighted by Crippen LogP contribution is 2.08. The minimum absolute atomic E-state index is 0.0416. The summed E-state index contributed by atoms with van der Waals surface area (Å²) in [6, 6.07) is 0. The van der Waals surface area contributed by atoms with Gasteiger partial charge in [-0.3, -0.25) is 4.79 Å². The maximum absolute atomic E-state index is 11.0. The summed E-state index contributed by atoms with van der Waals surface area (Å²) in [7, 11) is 0. The second-order valence-corrected chi connectivity index (χ2v) is 3.63. The van der Waals surface area contributed by atoms with Gasteiger partial charge in [-0.25, -0.2) is 0 Å². The predicted molar refractivity (Wildman–Crippen MR) is 48.8 cm³/mol. The average Bonchev–Trinajstić information content (AvgIpc) is 2.00. The normalized spacial score (nSPS) is 12.6. The van der Waals surface area contributed by atoms with Gasteiger partial charge in [0.15, 0.2) is 0 Å². The topological polar surface area (TPSA) is 26.3 Å². The Morgan fingerprint density at radius 3 is 2.64 bits per heavy atom. The van der Waals surface area contributed by atoms with Gasteiger partial charge in [-0.1, -0.05) is 13.8 Å². The lowest BCUT2D eigenvalue weighted by atomic mass is 10.2. The summed E-state index contributed by atoms with van der Waals surface area (Å²) in [6.07, 6.45) is 0. The van der Waals surface area contributed by atoms with E-state index < -0.39 is 0 Å². The van der Waals surface area contributed by atoms with Gasteiger partial charge >= 0.3 is 5.97 Å². The smallest absolute Gasteiger partial charge is 0.309 e. The molecule has 0 aliphatic heterocycles. The fourth-order valence-electron chi connectivity index (χ4n) is 0.647. The summed E-state index contributed by atoms with van der Waals surface area (Å²) in [5.74, 6) is 1.90. The number of hydrogen-bond donors (Lipinski definition) is 0. The molecule has 0 aromatic carbocycles. The first-order valence-electron chi connectivity index (χ1n) is 3.96. The highest BCUT2D eigenvalue weighted by Gasteiger charge is 2.12. The van der Waals surface area contributed by atoms with Crippen LogP contribution < -0.4 is 0 Å². The molecule has 0 spiro atoms. The van der Waals surface area contributed by atoms with E-state index in [1.54, 1.807) is 11.8 Å². The number of ether oxygens (including phenoxy) is 1. The molecule has 2 nitrogen and oxygen atoms in total. The molecule has 0 rings (SSSR count). The van der Waals surface area contributed by atoms with Crippen LogP contribution in [0.25, 0.3) is 0 Å². The maximum atomic E-state index is 11.0. The Kier molecular flexibility index (Phi) is 6.42. The predicted octanol–water partition coefficient (Wildman–Crippen LogP) is 1.94. The number of thioether (sulfide) groups is 1. The molecule has 66 valence electrons. The summed E-state index contributed by atoms with van der Waals surface area (Å²) < 4.78 is 4.85. The van der Waals surface area contributed by atoms with Crippen molar-refractivity contribution in [3.05, 3.63) is 0 Å². The zero-order valence-electron chi connectivity index (χ0n) is 7.42. The van der Waals surface area contributed by atoms with Crippen LogP contribution in [-0.4, -0.2) is 24.1 Å². The molecule has 0 bridgehead atoms. The molecule has 0 N–H and O–H groups in total. The number of carbonyl (C=O) groups excluding carboxylic acids is 1. The quantitative estimate of drug-likeness (QED) is 0.599. The molecule has 3 heteroatoms. The summed E-state index contributed by atoms with van der Waals surface area (Å²) in [6.45, 7) is 6.31. The molecular formula is C8H16O2S. The van der Waals surface area contributed by atoms with E-state index in [9.17, 15) is 4.79 Å². The zero-order valence-corrected chi connectivity index (χ0v) is 8.24. The van der Waals surface area contributed by atoms with Gasteiger partial charge in [-0.2, -0.15) is 11.8 Å². The van der Waals surface area contributed by atoms with Crippen molar-refractivity contribution >= 4 is 17.7 Å². The third-order valence-electron chi connectivity index (χ3n) is 1.26. The average molecular weight is 176 g/mol. The minimum atomic E-state index is -0.0755. The van der Waals surface area contributed by atoms with Crippen LogP contribution in [-0.2, 0) is 9.53 Å². The van der Waals surface area contributed by atoms with Crippen molar-refractivity contribution in [2.75, 3.05) is 18.1 Å². The fraction of sp³-hybridized carbons (Fsp3) is 0.875. The Balaban J connectivity index is 3.46. The lowest BCUT2D eigenvalue weighted by Crippen LogP contribution is -2.16. The molecule has 0 aliphatic carbocycles. The number of esters is 1. The van der Waals surface area contributed by atoms with E-state index in [4.69, 9.17) is 4.74 Å². The first kappa shape index (κ1) is 10.8. The van der Waals surface area contributed by atoms with E-state index in [2.05, 4.69) is 6.92 Å². The van der Waals surface area contributed by atoms with E-state index in [0.717, 1.165) is 11.5 Å². The Morgan fingerprint density at radius 2 is 2.18 bits per heavy atom. The van der Waals surface area contributed by atoms with Gasteiger partial charge < -0.3 is 4.74 Å². The van der Waals surface area contributed by atoms with Crippen molar-refractivity contribution < 1.29 is 9.53 Å². The van der Waals surface area contributed by atoms with E-state index in [1.807, 2.05) is 13.8 Å². The van der Waals surface area contributed by atoms with Crippen LogP contribution >= 0.6 is 11.8 Å². The van der Waals surface area contributed by atoms with Crippen molar-refractivity contribution in [3.63, 3.8) is 0 Å². The Labute approximate surface area is 72.7 Å². The van der Waals surface area contributed by atoms with Crippen molar-refractivity contribution in [1.82, 2.24) is 0 Å². The van der Waals surface area contributed by atoms with Gasteiger partial charge in [0.2, 0.25) is 0 Å². The Bertz CT molecular complexity index is 115. The van der Waals surface area contributed by atoms with Crippen molar-refractivity contribution in [1.29, 1.82) is 0 Å². The third-order valence-corrected chi connectivity index (χ3v) is 2.40. The van der Waals surface area contributed by atoms with Crippen LogP contribution in [0.5, 0.6) is 0 Å².